The Balaban J connectivity index is 1.76. The van der Waals surface area contributed by atoms with Crippen molar-refractivity contribution >= 4 is 20.9 Å². The molecule has 1 N–H and O–H groups in total. The number of H-pyrrole nitrogens is 1. The molecule has 0 radical (unpaired) electrons. The Morgan fingerprint density at radius 2 is 1.68 bits per heavy atom. The number of aryl methyl sites for hydroxylation is 2. The Kier molecular flexibility index (Phi) is 5.90. The molecule has 0 saturated heterocycles. The fraction of sp³-hybridized carbons (Fsp3) is 0.375. The molecule has 7 heteroatoms. The van der Waals surface area contributed by atoms with Crippen LogP contribution in [0.2, 0.25) is 0 Å². The van der Waals surface area contributed by atoms with Crippen LogP contribution in [-0.2, 0) is 16.6 Å². The molecule has 3 aromatic rings. The number of hydrogen-bond donors (Lipinski definition) is 1. The highest BCUT2D eigenvalue weighted by Crippen LogP contribution is 2.31. The van der Waals surface area contributed by atoms with Crippen molar-refractivity contribution in [3.05, 3.63) is 69.5 Å². The molecule has 164 valence electrons. The van der Waals surface area contributed by atoms with Crippen LogP contribution in [0.15, 0.2) is 52.2 Å². The predicted molar refractivity (Wildman–Crippen MR) is 122 cm³/mol. The first-order valence-corrected chi connectivity index (χ1v) is 12.0. The van der Waals surface area contributed by atoms with Crippen molar-refractivity contribution in [3.63, 3.8) is 0 Å². The van der Waals surface area contributed by atoms with E-state index in [4.69, 9.17) is 4.74 Å². The standard InChI is InChI=1S/C24H28N2O4S/c1-16-12-18-14-19(24(27)25-23(18)13-17(16)2)15-26(20-6-4-5-7-20)31(28,29)22-10-8-21(30-3)9-11-22/h8-14,20H,4-7,15H2,1-3H3,(H,25,27). The number of nitrogens with one attached hydrogen (secondary N) is 1. The van der Waals surface area contributed by atoms with Gasteiger partial charge >= 0.3 is 0 Å². The van der Waals surface area contributed by atoms with E-state index < -0.39 is 10.0 Å². The van der Waals surface area contributed by atoms with Crippen molar-refractivity contribution in [2.75, 3.05) is 7.11 Å². The number of nitrogens with zero attached hydrogens (tertiary/aromatic N) is 1. The molecule has 0 atom stereocenters. The minimum Gasteiger partial charge on any atom is -0.497 e. The molecule has 4 rings (SSSR count). The van der Waals surface area contributed by atoms with Crippen LogP contribution in [0, 0.1) is 13.8 Å². The normalized spacial score (nSPS) is 15.1. The summed E-state index contributed by atoms with van der Waals surface area (Å²) in [5.74, 6) is 0.600. The molecule has 1 heterocycles. The Morgan fingerprint density at radius 1 is 1.03 bits per heavy atom. The Hall–Kier alpha value is -2.64. The van der Waals surface area contributed by atoms with E-state index in [-0.39, 0.29) is 23.0 Å². The lowest BCUT2D eigenvalue weighted by Crippen LogP contribution is -2.39. The van der Waals surface area contributed by atoms with Crippen LogP contribution < -0.4 is 10.3 Å². The molecular formula is C24H28N2O4S. The average Bonchev–Trinajstić information content (AvgIpc) is 3.28. The summed E-state index contributed by atoms with van der Waals surface area (Å²) in [6.45, 7) is 4.08. The van der Waals surface area contributed by atoms with E-state index in [1.165, 1.54) is 4.31 Å². The highest BCUT2D eigenvalue weighted by Gasteiger charge is 2.34. The maximum atomic E-state index is 13.6. The van der Waals surface area contributed by atoms with Crippen molar-refractivity contribution < 1.29 is 13.2 Å². The minimum absolute atomic E-state index is 0.0528. The molecule has 0 amide bonds. The van der Waals surface area contributed by atoms with E-state index in [0.717, 1.165) is 47.7 Å². The van der Waals surface area contributed by atoms with E-state index in [1.807, 2.05) is 32.0 Å². The van der Waals surface area contributed by atoms with Crippen molar-refractivity contribution in [2.24, 2.45) is 0 Å². The lowest BCUT2D eigenvalue weighted by atomic mass is 10.0. The van der Waals surface area contributed by atoms with Gasteiger partial charge in [-0.3, -0.25) is 4.79 Å². The average molecular weight is 441 g/mol. The molecule has 2 aromatic carbocycles. The topological polar surface area (TPSA) is 79.5 Å². The summed E-state index contributed by atoms with van der Waals surface area (Å²) in [7, 11) is -2.22. The van der Waals surface area contributed by atoms with Crippen LogP contribution in [0.4, 0.5) is 0 Å². The molecule has 0 unspecified atom stereocenters. The van der Waals surface area contributed by atoms with Gasteiger partial charge in [0.2, 0.25) is 10.0 Å². The van der Waals surface area contributed by atoms with Gasteiger partial charge in [0.25, 0.3) is 5.56 Å². The van der Waals surface area contributed by atoms with Crippen molar-refractivity contribution in [1.82, 2.24) is 9.29 Å². The van der Waals surface area contributed by atoms with Gasteiger partial charge in [-0.25, -0.2) is 8.42 Å². The zero-order chi connectivity index (χ0) is 22.2. The van der Waals surface area contributed by atoms with Crippen molar-refractivity contribution in [2.45, 2.75) is 57.0 Å². The number of fused-ring (bicyclic) bond motifs is 1. The quantitative estimate of drug-likeness (QED) is 0.620. The number of aromatic nitrogens is 1. The zero-order valence-corrected chi connectivity index (χ0v) is 19.0. The Morgan fingerprint density at radius 3 is 2.32 bits per heavy atom. The fourth-order valence-electron chi connectivity index (χ4n) is 4.29. The van der Waals surface area contributed by atoms with E-state index in [1.54, 1.807) is 31.4 Å². The first-order chi connectivity index (χ1) is 14.8. The first-order valence-electron chi connectivity index (χ1n) is 10.6. The number of methoxy groups -OCH3 is 1. The summed E-state index contributed by atoms with van der Waals surface area (Å²) in [6, 6.07) is 12.1. The third kappa shape index (κ3) is 4.25. The lowest BCUT2D eigenvalue weighted by molar-refractivity contribution is 0.315. The third-order valence-corrected chi connectivity index (χ3v) is 8.17. The molecule has 31 heavy (non-hydrogen) atoms. The Labute approximate surface area is 182 Å². The zero-order valence-electron chi connectivity index (χ0n) is 18.1. The number of ether oxygens (including phenoxy) is 1. The van der Waals surface area contributed by atoms with Gasteiger partial charge in [-0.2, -0.15) is 4.31 Å². The fourth-order valence-corrected chi connectivity index (χ4v) is 5.96. The van der Waals surface area contributed by atoms with E-state index in [2.05, 4.69) is 4.98 Å². The second-order valence-corrected chi connectivity index (χ2v) is 10.2. The summed E-state index contributed by atoms with van der Waals surface area (Å²) in [5, 5.41) is 0.908. The van der Waals surface area contributed by atoms with Gasteiger partial charge in [0, 0.05) is 23.7 Å². The third-order valence-electron chi connectivity index (χ3n) is 6.26. The second kappa shape index (κ2) is 8.48. The maximum Gasteiger partial charge on any atom is 0.252 e. The van der Waals surface area contributed by atoms with E-state index in [9.17, 15) is 13.2 Å². The largest absolute Gasteiger partial charge is 0.497 e. The molecule has 0 aliphatic heterocycles. The monoisotopic (exact) mass is 440 g/mol. The van der Waals surface area contributed by atoms with Crippen LogP contribution in [0.25, 0.3) is 10.9 Å². The van der Waals surface area contributed by atoms with Gasteiger partial charge < -0.3 is 9.72 Å². The summed E-state index contributed by atoms with van der Waals surface area (Å²) >= 11 is 0. The SMILES string of the molecule is COc1ccc(S(=O)(=O)N(Cc2cc3cc(C)c(C)cc3[nH]c2=O)C2CCCC2)cc1. The van der Waals surface area contributed by atoms with Gasteiger partial charge in [0.15, 0.2) is 0 Å². The minimum atomic E-state index is -3.77. The predicted octanol–water partition coefficient (Wildman–Crippen LogP) is 4.29. The molecule has 1 aliphatic rings. The van der Waals surface area contributed by atoms with E-state index >= 15 is 0 Å². The summed E-state index contributed by atoms with van der Waals surface area (Å²) in [4.78, 5) is 16.0. The van der Waals surface area contributed by atoms with Crippen LogP contribution >= 0.6 is 0 Å². The number of rotatable bonds is 6. The van der Waals surface area contributed by atoms with Gasteiger partial charge in [0.1, 0.15) is 5.75 Å². The van der Waals surface area contributed by atoms with Crippen LogP contribution in [0.3, 0.4) is 0 Å². The number of hydrogen-bond acceptors (Lipinski definition) is 4. The molecule has 1 fully saturated rings. The summed E-state index contributed by atoms with van der Waals surface area (Å²) < 4.78 is 33.8. The molecule has 1 saturated carbocycles. The van der Waals surface area contributed by atoms with Crippen LogP contribution in [0.5, 0.6) is 5.75 Å². The maximum absolute atomic E-state index is 13.6. The van der Waals surface area contributed by atoms with Crippen LogP contribution in [-0.4, -0.2) is 30.9 Å². The highest BCUT2D eigenvalue weighted by atomic mass is 32.2. The van der Waals surface area contributed by atoms with Crippen molar-refractivity contribution in [1.29, 1.82) is 0 Å². The van der Waals surface area contributed by atoms with Crippen molar-refractivity contribution in [3.8, 4) is 5.75 Å². The van der Waals surface area contributed by atoms with Gasteiger partial charge in [-0.15, -0.1) is 0 Å². The first kappa shape index (κ1) is 21.6. The van der Waals surface area contributed by atoms with Gasteiger partial charge in [-0.05, 0) is 85.7 Å². The second-order valence-electron chi connectivity index (χ2n) is 8.31. The number of pyridine rings is 1. The smallest absolute Gasteiger partial charge is 0.252 e. The highest BCUT2D eigenvalue weighted by molar-refractivity contribution is 7.89. The summed E-state index contributed by atoms with van der Waals surface area (Å²) in [6.07, 6.45) is 3.59. The molecule has 0 spiro atoms. The lowest BCUT2D eigenvalue weighted by Gasteiger charge is -2.28. The number of benzene rings is 2. The Bertz CT molecular complexity index is 1260. The van der Waals surface area contributed by atoms with Crippen LogP contribution in [0.1, 0.15) is 42.4 Å². The van der Waals surface area contributed by atoms with Gasteiger partial charge in [0.05, 0.1) is 12.0 Å². The number of sulfonamides is 1. The molecule has 6 nitrogen and oxygen atoms in total. The molecule has 0 bridgehead atoms. The molecular weight excluding hydrogens is 412 g/mol. The molecule has 1 aromatic heterocycles. The molecule has 1 aliphatic carbocycles. The summed E-state index contributed by atoms with van der Waals surface area (Å²) in [5.41, 5.74) is 3.21. The number of aromatic amines is 1. The van der Waals surface area contributed by atoms with E-state index in [0.29, 0.717) is 11.3 Å². The van der Waals surface area contributed by atoms with Gasteiger partial charge in [-0.1, -0.05) is 12.8 Å².